The van der Waals surface area contributed by atoms with Crippen LogP contribution < -0.4 is 9.44 Å². The molecule has 0 spiro atoms. The first kappa shape index (κ1) is 41.0. The topological polar surface area (TPSA) is 58.2 Å². The molecule has 2 amide bonds. The van der Waals surface area contributed by atoms with Crippen molar-refractivity contribution in [2.45, 2.75) is 206 Å². The molecule has 2 N–H and O–H groups in total. The molecule has 0 aromatic carbocycles. The van der Waals surface area contributed by atoms with Crippen LogP contribution in [0.3, 0.4) is 0 Å². The van der Waals surface area contributed by atoms with Crippen LogP contribution in [0.25, 0.3) is 0 Å². The van der Waals surface area contributed by atoms with Gasteiger partial charge < -0.3 is 0 Å². The lowest BCUT2D eigenvalue weighted by atomic mass is 10.0. The summed E-state index contributed by atoms with van der Waals surface area (Å²) in [5.41, 5.74) is 0. The van der Waals surface area contributed by atoms with Crippen LogP contribution in [0, 0.1) is 0 Å². The molecule has 0 radical (unpaired) electrons. The van der Waals surface area contributed by atoms with Gasteiger partial charge >= 0.3 is 0 Å². The van der Waals surface area contributed by atoms with E-state index in [4.69, 9.17) is 0 Å². The highest BCUT2D eigenvalue weighted by atomic mass is 33.5. The summed E-state index contributed by atoms with van der Waals surface area (Å²) in [6.45, 7) is 4.55. The van der Waals surface area contributed by atoms with Crippen molar-refractivity contribution in [3.05, 3.63) is 0 Å². The predicted octanol–water partition coefficient (Wildman–Crippen LogP) is 12.8. The van der Waals surface area contributed by atoms with Crippen LogP contribution in [0.15, 0.2) is 0 Å². The molecule has 0 aliphatic heterocycles. The number of rotatable bonds is 34. The Balaban J connectivity index is 3.26. The van der Waals surface area contributed by atoms with Gasteiger partial charge in [-0.05, 0) is 12.8 Å². The van der Waals surface area contributed by atoms with Crippen molar-refractivity contribution in [1.82, 2.24) is 9.44 Å². The fourth-order valence-corrected chi connectivity index (χ4v) is 7.48. The molecule has 7 heteroatoms. The summed E-state index contributed by atoms with van der Waals surface area (Å²) in [5.74, 6) is 0.187. The van der Waals surface area contributed by atoms with Gasteiger partial charge in [0, 0.05) is 44.6 Å². The van der Waals surface area contributed by atoms with Gasteiger partial charge in [0.15, 0.2) is 0 Å². The van der Waals surface area contributed by atoms with Crippen LogP contribution in [0.1, 0.15) is 206 Å². The summed E-state index contributed by atoms with van der Waals surface area (Å²) in [5, 5.41) is 0. The fraction of sp³-hybridized carbons (Fsp3) is 0.941. The molecular formula is C34H68N2O2S3. The largest absolute Gasteiger partial charge is 0.290 e. The first-order valence-electron chi connectivity index (χ1n) is 17.8. The second-order valence-corrected chi connectivity index (χ2v) is 15.5. The van der Waals surface area contributed by atoms with Crippen molar-refractivity contribution >= 4 is 43.6 Å². The molecular weight excluding hydrogens is 565 g/mol. The Morgan fingerprint density at radius 3 is 0.829 bits per heavy atom. The van der Waals surface area contributed by atoms with Crippen molar-refractivity contribution in [2.75, 3.05) is 0 Å². The lowest BCUT2D eigenvalue weighted by Crippen LogP contribution is -2.15. The number of amides is 2. The van der Waals surface area contributed by atoms with E-state index in [1.807, 2.05) is 0 Å². The van der Waals surface area contributed by atoms with Gasteiger partial charge in [-0.3, -0.25) is 19.0 Å². The maximum Gasteiger partial charge on any atom is 0.230 e. The van der Waals surface area contributed by atoms with Crippen molar-refractivity contribution in [1.29, 1.82) is 0 Å². The Morgan fingerprint density at radius 1 is 0.366 bits per heavy atom. The van der Waals surface area contributed by atoms with Gasteiger partial charge in [-0.2, -0.15) is 0 Å². The first-order chi connectivity index (χ1) is 20.2. The molecule has 0 saturated heterocycles. The molecule has 0 bridgehead atoms. The number of nitrogens with one attached hydrogen (secondary N) is 2. The van der Waals surface area contributed by atoms with E-state index in [2.05, 4.69) is 23.3 Å². The van der Waals surface area contributed by atoms with Gasteiger partial charge in [-0.25, -0.2) is 0 Å². The van der Waals surface area contributed by atoms with Gasteiger partial charge in [0.1, 0.15) is 0 Å². The summed E-state index contributed by atoms with van der Waals surface area (Å²) < 4.78 is 5.74. The van der Waals surface area contributed by atoms with Gasteiger partial charge in [-0.1, -0.05) is 181 Å². The molecule has 0 aromatic rings. The van der Waals surface area contributed by atoms with Crippen LogP contribution in [-0.4, -0.2) is 11.8 Å². The molecule has 0 fully saturated rings. The van der Waals surface area contributed by atoms with E-state index in [9.17, 15) is 9.59 Å². The van der Waals surface area contributed by atoms with E-state index in [1.165, 1.54) is 186 Å². The van der Waals surface area contributed by atoms with Crippen LogP contribution in [-0.2, 0) is 9.59 Å². The van der Waals surface area contributed by atoms with Gasteiger partial charge in [0.25, 0.3) is 0 Å². The summed E-state index contributed by atoms with van der Waals surface area (Å²) in [4.78, 5) is 24.0. The molecule has 41 heavy (non-hydrogen) atoms. The zero-order valence-electron chi connectivity index (χ0n) is 27.3. The zero-order valence-corrected chi connectivity index (χ0v) is 29.7. The minimum absolute atomic E-state index is 0.0933. The van der Waals surface area contributed by atoms with Crippen LogP contribution in [0.2, 0.25) is 0 Å². The van der Waals surface area contributed by atoms with E-state index in [-0.39, 0.29) is 11.8 Å². The highest BCUT2D eigenvalue weighted by Gasteiger charge is 2.04. The second kappa shape index (κ2) is 36.2. The Morgan fingerprint density at radius 2 is 0.585 bits per heavy atom. The standard InChI is InChI=1S/C34H68N2O2S3/c1-3-5-7-9-11-13-15-17-19-21-23-25-27-29-31-33(37)35-39-41-40-36-34(38)32-30-28-26-24-22-20-18-16-14-12-10-8-6-4-2/h3-32H2,1-2H3,(H,35,37)(H,36,38). The molecule has 0 aliphatic carbocycles. The molecule has 4 nitrogen and oxygen atoms in total. The lowest BCUT2D eigenvalue weighted by molar-refractivity contribution is -0.120. The average molecular weight is 633 g/mol. The normalized spacial score (nSPS) is 11.2. The average Bonchev–Trinajstić information content (AvgIpc) is 2.97. The third-order valence-corrected chi connectivity index (χ3v) is 10.8. The molecule has 0 aliphatic rings. The Bertz CT molecular complexity index is 506. The molecule has 244 valence electrons. The highest BCUT2D eigenvalue weighted by Crippen LogP contribution is 2.29. The maximum absolute atomic E-state index is 12.0. The van der Waals surface area contributed by atoms with E-state index < -0.39 is 0 Å². The van der Waals surface area contributed by atoms with Crippen LogP contribution >= 0.6 is 31.8 Å². The molecule has 0 aromatic heterocycles. The van der Waals surface area contributed by atoms with Gasteiger partial charge in [0.05, 0.1) is 0 Å². The SMILES string of the molecule is CCCCCCCCCCCCCCCCC(=O)NSSSNC(=O)CCCCCCCCCCCCCCCC. The molecule has 0 atom stereocenters. The van der Waals surface area contributed by atoms with E-state index >= 15 is 0 Å². The summed E-state index contributed by atoms with van der Waals surface area (Å²) in [6, 6.07) is 0. The van der Waals surface area contributed by atoms with Crippen molar-refractivity contribution in [2.24, 2.45) is 0 Å². The summed E-state index contributed by atoms with van der Waals surface area (Å²) >= 11 is 0. The Labute approximate surface area is 268 Å². The predicted molar refractivity (Wildman–Crippen MR) is 189 cm³/mol. The van der Waals surface area contributed by atoms with E-state index in [1.54, 1.807) is 0 Å². The highest BCUT2D eigenvalue weighted by molar-refractivity contribution is 9.08. The van der Waals surface area contributed by atoms with Crippen LogP contribution in [0.5, 0.6) is 0 Å². The number of unbranched alkanes of at least 4 members (excludes halogenated alkanes) is 26. The van der Waals surface area contributed by atoms with Gasteiger partial charge in [-0.15, -0.1) is 0 Å². The van der Waals surface area contributed by atoms with Gasteiger partial charge in [0.2, 0.25) is 11.8 Å². The molecule has 0 rings (SSSR count). The number of hydrogen-bond donors (Lipinski definition) is 2. The van der Waals surface area contributed by atoms with Crippen LogP contribution in [0.4, 0.5) is 0 Å². The Hall–Kier alpha value is -0.0100. The lowest BCUT2D eigenvalue weighted by Gasteiger charge is -2.05. The molecule has 0 saturated carbocycles. The summed E-state index contributed by atoms with van der Waals surface area (Å²) in [7, 11) is 4.01. The zero-order chi connectivity index (χ0) is 29.9. The summed E-state index contributed by atoms with van der Waals surface area (Å²) in [6.07, 6.45) is 38.4. The second-order valence-electron chi connectivity index (χ2n) is 12.0. The third-order valence-electron chi connectivity index (χ3n) is 7.89. The first-order valence-corrected chi connectivity index (χ1v) is 21.3. The maximum atomic E-state index is 12.0. The number of hydrogen-bond acceptors (Lipinski definition) is 5. The molecule has 0 unspecified atom stereocenters. The van der Waals surface area contributed by atoms with Crippen molar-refractivity contribution < 1.29 is 9.59 Å². The number of carbonyl (C=O) groups is 2. The van der Waals surface area contributed by atoms with E-state index in [0.29, 0.717) is 12.8 Å². The number of carbonyl (C=O) groups excluding carboxylic acids is 2. The Kier molecular flexibility index (Phi) is 36.2. The molecule has 0 heterocycles. The third kappa shape index (κ3) is 36.1. The minimum Gasteiger partial charge on any atom is -0.290 e. The smallest absolute Gasteiger partial charge is 0.230 e. The van der Waals surface area contributed by atoms with Crippen molar-refractivity contribution in [3.63, 3.8) is 0 Å². The fourth-order valence-electron chi connectivity index (χ4n) is 5.21. The monoisotopic (exact) mass is 632 g/mol. The van der Waals surface area contributed by atoms with Crippen molar-refractivity contribution in [3.8, 4) is 0 Å². The quantitative estimate of drug-likeness (QED) is 0.0420. The minimum atomic E-state index is 0.0933. The van der Waals surface area contributed by atoms with E-state index in [0.717, 1.165) is 25.7 Å².